The van der Waals surface area contributed by atoms with E-state index >= 15 is 0 Å². The Bertz CT molecular complexity index is 871. The van der Waals surface area contributed by atoms with Gasteiger partial charge in [0, 0.05) is 24.0 Å². The first-order valence-corrected chi connectivity index (χ1v) is 7.09. The summed E-state index contributed by atoms with van der Waals surface area (Å²) < 4.78 is 12.3. The molecule has 1 aromatic carbocycles. The molecule has 3 rings (SSSR count). The zero-order valence-electron chi connectivity index (χ0n) is 13.2. The van der Waals surface area contributed by atoms with Gasteiger partial charge in [-0.05, 0) is 31.2 Å². The van der Waals surface area contributed by atoms with Crippen LogP contribution in [-0.4, -0.2) is 29.5 Å². The average Bonchev–Trinajstić information content (AvgIpc) is 2.94. The molecule has 0 saturated heterocycles. The van der Waals surface area contributed by atoms with Crippen LogP contribution in [0.5, 0.6) is 11.5 Å². The van der Waals surface area contributed by atoms with Gasteiger partial charge >= 0.3 is 0 Å². The maximum absolute atomic E-state index is 12.5. The number of rotatable bonds is 4. The number of methoxy groups -OCH3 is 2. The van der Waals surface area contributed by atoms with E-state index in [9.17, 15) is 4.79 Å². The minimum Gasteiger partial charge on any atom is -0.497 e. The number of benzene rings is 1. The summed E-state index contributed by atoms with van der Waals surface area (Å²) in [6, 6.07) is 8.72. The summed E-state index contributed by atoms with van der Waals surface area (Å²) in [6.45, 7) is 1.91. The van der Waals surface area contributed by atoms with Crippen LogP contribution in [0, 0.1) is 6.92 Å². The SMILES string of the molecule is COc1ccc(NC(=O)c2ccn3cc(C)nc3c2)c(OC)c1. The fourth-order valence-corrected chi connectivity index (χ4v) is 2.35. The van der Waals surface area contributed by atoms with Crippen LogP contribution in [0.4, 0.5) is 5.69 Å². The molecule has 2 aromatic heterocycles. The van der Waals surface area contributed by atoms with Gasteiger partial charge in [0.25, 0.3) is 5.91 Å². The number of imidazole rings is 1. The molecular formula is C17H17N3O3. The molecule has 2 heterocycles. The number of pyridine rings is 1. The van der Waals surface area contributed by atoms with E-state index in [1.165, 1.54) is 0 Å². The van der Waals surface area contributed by atoms with E-state index < -0.39 is 0 Å². The minimum absolute atomic E-state index is 0.225. The van der Waals surface area contributed by atoms with Gasteiger partial charge in [0.2, 0.25) is 0 Å². The lowest BCUT2D eigenvalue weighted by molar-refractivity contribution is 0.102. The Morgan fingerprint density at radius 1 is 1.17 bits per heavy atom. The van der Waals surface area contributed by atoms with E-state index in [1.807, 2.05) is 23.7 Å². The largest absolute Gasteiger partial charge is 0.497 e. The number of hydrogen-bond acceptors (Lipinski definition) is 4. The standard InChI is InChI=1S/C17H17N3O3/c1-11-10-20-7-6-12(8-16(20)18-11)17(21)19-14-5-4-13(22-2)9-15(14)23-3/h4-10H,1-3H3,(H,19,21). The predicted molar refractivity (Wildman–Crippen MR) is 87.4 cm³/mol. The second kappa shape index (κ2) is 6.00. The van der Waals surface area contributed by atoms with Crippen molar-refractivity contribution in [2.45, 2.75) is 6.92 Å². The van der Waals surface area contributed by atoms with E-state index in [4.69, 9.17) is 9.47 Å². The molecule has 0 aliphatic heterocycles. The van der Waals surface area contributed by atoms with Crippen LogP contribution in [0.1, 0.15) is 16.1 Å². The lowest BCUT2D eigenvalue weighted by Gasteiger charge is -2.11. The van der Waals surface area contributed by atoms with Crippen LogP contribution in [-0.2, 0) is 0 Å². The third-order valence-electron chi connectivity index (χ3n) is 3.50. The van der Waals surface area contributed by atoms with Crippen molar-refractivity contribution in [3.8, 4) is 11.5 Å². The number of amides is 1. The summed E-state index contributed by atoms with van der Waals surface area (Å²) >= 11 is 0. The molecule has 1 amide bonds. The second-order valence-electron chi connectivity index (χ2n) is 5.08. The molecule has 0 aliphatic carbocycles. The third kappa shape index (κ3) is 2.96. The molecule has 1 N–H and O–H groups in total. The van der Waals surface area contributed by atoms with Crippen molar-refractivity contribution in [3.05, 3.63) is 54.0 Å². The van der Waals surface area contributed by atoms with E-state index in [0.717, 1.165) is 11.3 Å². The summed E-state index contributed by atoms with van der Waals surface area (Å²) in [7, 11) is 3.12. The lowest BCUT2D eigenvalue weighted by Crippen LogP contribution is -2.13. The number of anilines is 1. The van der Waals surface area contributed by atoms with Gasteiger partial charge in [-0.25, -0.2) is 4.98 Å². The molecule has 0 atom stereocenters. The highest BCUT2D eigenvalue weighted by molar-refractivity contribution is 6.05. The highest BCUT2D eigenvalue weighted by Gasteiger charge is 2.12. The van der Waals surface area contributed by atoms with Gasteiger partial charge in [-0.2, -0.15) is 0 Å². The summed E-state index contributed by atoms with van der Waals surface area (Å²) in [6.07, 6.45) is 3.72. The fraction of sp³-hybridized carbons (Fsp3) is 0.176. The zero-order chi connectivity index (χ0) is 16.4. The maximum atomic E-state index is 12.5. The van der Waals surface area contributed by atoms with Crippen molar-refractivity contribution in [1.29, 1.82) is 0 Å². The first-order chi connectivity index (χ1) is 11.1. The van der Waals surface area contributed by atoms with Crippen molar-refractivity contribution >= 4 is 17.2 Å². The minimum atomic E-state index is -0.225. The van der Waals surface area contributed by atoms with Crippen molar-refractivity contribution in [2.75, 3.05) is 19.5 Å². The molecule has 3 aromatic rings. The highest BCUT2D eigenvalue weighted by Crippen LogP contribution is 2.29. The Morgan fingerprint density at radius 3 is 2.74 bits per heavy atom. The first kappa shape index (κ1) is 14.9. The van der Waals surface area contributed by atoms with Crippen molar-refractivity contribution in [2.24, 2.45) is 0 Å². The second-order valence-corrected chi connectivity index (χ2v) is 5.08. The Balaban J connectivity index is 1.87. The van der Waals surface area contributed by atoms with Crippen LogP contribution >= 0.6 is 0 Å². The van der Waals surface area contributed by atoms with Crippen LogP contribution in [0.2, 0.25) is 0 Å². The Labute approximate surface area is 133 Å². The highest BCUT2D eigenvalue weighted by atomic mass is 16.5. The molecule has 0 fully saturated rings. The molecule has 6 nitrogen and oxygen atoms in total. The number of carbonyl (C=O) groups excluding carboxylic acids is 1. The van der Waals surface area contributed by atoms with Crippen LogP contribution < -0.4 is 14.8 Å². The van der Waals surface area contributed by atoms with Crippen LogP contribution in [0.25, 0.3) is 5.65 Å². The molecule has 118 valence electrons. The number of fused-ring (bicyclic) bond motifs is 1. The molecule has 0 spiro atoms. The van der Waals surface area contributed by atoms with E-state index in [-0.39, 0.29) is 5.91 Å². The molecule has 0 aliphatic rings. The van der Waals surface area contributed by atoms with Gasteiger partial charge in [-0.15, -0.1) is 0 Å². The quantitative estimate of drug-likeness (QED) is 0.804. The molecule has 0 radical (unpaired) electrons. The van der Waals surface area contributed by atoms with E-state index in [0.29, 0.717) is 22.7 Å². The molecule has 0 bridgehead atoms. The third-order valence-corrected chi connectivity index (χ3v) is 3.50. The first-order valence-electron chi connectivity index (χ1n) is 7.09. The number of carbonyl (C=O) groups is 1. The van der Waals surface area contributed by atoms with Gasteiger partial charge in [0.15, 0.2) is 0 Å². The number of nitrogens with one attached hydrogen (secondary N) is 1. The summed E-state index contributed by atoms with van der Waals surface area (Å²) in [5.41, 5.74) is 2.75. The van der Waals surface area contributed by atoms with Crippen molar-refractivity contribution in [3.63, 3.8) is 0 Å². The molecular weight excluding hydrogens is 294 g/mol. The summed E-state index contributed by atoms with van der Waals surface area (Å²) in [4.78, 5) is 16.8. The number of aryl methyl sites for hydroxylation is 1. The summed E-state index contributed by atoms with van der Waals surface area (Å²) in [5.74, 6) is 0.973. The van der Waals surface area contributed by atoms with Crippen LogP contribution in [0.15, 0.2) is 42.7 Å². The molecule has 23 heavy (non-hydrogen) atoms. The predicted octanol–water partition coefficient (Wildman–Crippen LogP) is 2.91. The Hall–Kier alpha value is -3.02. The average molecular weight is 311 g/mol. The molecule has 0 saturated carbocycles. The topological polar surface area (TPSA) is 64.9 Å². The normalized spacial score (nSPS) is 10.6. The van der Waals surface area contributed by atoms with Crippen molar-refractivity contribution < 1.29 is 14.3 Å². The van der Waals surface area contributed by atoms with E-state index in [2.05, 4.69) is 10.3 Å². The number of aromatic nitrogens is 2. The van der Waals surface area contributed by atoms with Gasteiger partial charge in [-0.3, -0.25) is 4.79 Å². The number of hydrogen-bond donors (Lipinski definition) is 1. The number of ether oxygens (including phenoxy) is 2. The van der Waals surface area contributed by atoms with Gasteiger partial charge in [0.1, 0.15) is 17.1 Å². The molecule has 6 heteroatoms. The lowest BCUT2D eigenvalue weighted by atomic mass is 10.2. The van der Waals surface area contributed by atoms with Gasteiger partial charge in [-0.1, -0.05) is 0 Å². The van der Waals surface area contributed by atoms with Gasteiger partial charge in [0.05, 0.1) is 25.6 Å². The van der Waals surface area contributed by atoms with E-state index in [1.54, 1.807) is 44.6 Å². The maximum Gasteiger partial charge on any atom is 0.255 e. The Morgan fingerprint density at radius 2 is 2.00 bits per heavy atom. The molecule has 0 unspecified atom stereocenters. The van der Waals surface area contributed by atoms with Gasteiger partial charge < -0.3 is 19.2 Å². The number of nitrogens with zero attached hydrogens (tertiary/aromatic N) is 2. The summed E-state index contributed by atoms with van der Waals surface area (Å²) in [5, 5.41) is 2.84. The van der Waals surface area contributed by atoms with Crippen molar-refractivity contribution in [1.82, 2.24) is 9.38 Å². The fourth-order valence-electron chi connectivity index (χ4n) is 2.35. The monoisotopic (exact) mass is 311 g/mol. The Kier molecular flexibility index (Phi) is 3.89. The zero-order valence-corrected chi connectivity index (χ0v) is 13.2. The smallest absolute Gasteiger partial charge is 0.255 e. The van der Waals surface area contributed by atoms with Crippen LogP contribution in [0.3, 0.4) is 0 Å².